The number of benzene rings is 1. The van der Waals surface area contributed by atoms with Gasteiger partial charge in [0.25, 0.3) is 0 Å². The first-order valence-electron chi connectivity index (χ1n) is 3.76. The Kier molecular flexibility index (Phi) is 4.03. The van der Waals surface area contributed by atoms with Gasteiger partial charge in [0, 0.05) is 0 Å². The maximum absolute atomic E-state index is 9.42. The standard InChI is InChI=1S/C9H10BrClO2/c1-13-9-3-2-6(4-7(9)10)8(12)5-11/h2-4,8,12H,5H2,1H3/t8-/m0/s1. The Morgan fingerprint density at radius 2 is 2.31 bits per heavy atom. The zero-order chi connectivity index (χ0) is 9.84. The minimum atomic E-state index is -0.621. The summed E-state index contributed by atoms with van der Waals surface area (Å²) in [5, 5.41) is 9.42. The molecule has 0 heterocycles. The van der Waals surface area contributed by atoms with Crippen molar-refractivity contribution < 1.29 is 9.84 Å². The number of hydrogen-bond donors (Lipinski definition) is 1. The second kappa shape index (κ2) is 4.84. The first-order chi connectivity index (χ1) is 6.19. The molecule has 0 aromatic heterocycles. The molecule has 1 aromatic rings. The third-order valence-corrected chi connectivity index (χ3v) is 2.62. The molecule has 0 fully saturated rings. The molecule has 0 spiro atoms. The van der Waals surface area contributed by atoms with E-state index >= 15 is 0 Å². The molecule has 1 rings (SSSR count). The molecule has 0 saturated carbocycles. The SMILES string of the molecule is COc1ccc([C@@H](O)CCl)cc1Br. The van der Waals surface area contributed by atoms with Crippen LogP contribution in [-0.2, 0) is 0 Å². The molecule has 0 aliphatic rings. The fourth-order valence-electron chi connectivity index (χ4n) is 0.979. The second-order valence-electron chi connectivity index (χ2n) is 2.56. The van der Waals surface area contributed by atoms with E-state index in [9.17, 15) is 5.11 Å². The summed E-state index contributed by atoms with van der Waals surface area (Å²) in [6.07, 6.45) is -0.621. The van der Waals surface area contributed by atoms with Crippen LogP contribution in [0.15, 0.2) is 22.7 Å². The van der Waals surface area contributed by atoms with E-state index in [1.54, 1.807) is 25.3 Å². The summed E-state index contributed by atoms with van der Waals surface area (Å²) in [4.78, 5) is 0. The van der Waals surface area contributed by atoms with Gasteiger partial charge in [0.2, 0.25) is 0 Å². The van der Waals surface area contributed by atoms with Crippen molar-refractivity contribution in [1.82, 2.24) is 0 Å². The molecule has 72 valence electrons. The molecule has 0 saturated heterocycles. The number of alkyl halides is 1. The number of methoxy groups -OCH3 is 1. The molecule has 0 aliphatic carbocycles. The van der Waals surface area contributed by atoms with E-state index in [-0.39, 0.29) is 5.88 Å². The van der Waals surface area contributed by atoms with Crippen molar-refractivity contribution in [2.24, 2.45) is 0 Å². The van der Waals surface area contributed by atoms with E-state index in [2.05, 4.69) is 15.9 Å². The van der Waals surface area contributed by atoms with Crippen LogP contribution >= 0.6 is 27.5 Å². The van der Waals surface area contributed by atoms with Crippen molar-refractivity contribution in [3.63, 3.8) is 0 Å². The third-order valence-electron chi connectivity index (χ3n) is 1.71. The molecule has 1 atom stereocenters. The Morgan fingerprint density at radius 1 is 1.62 bits per heavy atom. The van der Waals surface area contributed by atoms with Gasteiger partial charge in [-0.15, -0.1) is 11.6 Å². The summed E-state index contributed by atoms with van der Waals surface area (Å²) < 4.78 is 5.87. The summed E-state index contributed by atoms with van der Waals surface area (Å²) in [6.45, 7) is 0. The fraction of sp³-hybridized carbons (Fsp3) is 0.333. The van der Waals surface area contributed by atoms with Crippen LogP contribution in [0.1, 0.15) is 11.7 Å². The molecular weight excluding hydrogens is 255 g/mol. The first-order valence-corrected chi connectivity index (χ1v) is 5.09. The molecular formula is C9H10BrClO2. The number of ether oxygens (including phenoxy) is 1. The normalized spacial score (nSPS) is 12.6. The molecule has 1 N–H and O–H groups in total. The average molecular weight is 266 g/mol. The predicted octanol–water partition coefficient (Wildman–Crippen LogP) is 2.73. The zero-order valence-corrected chi connectivity index (χ0v) is 9.47. The highest BCUT2D eigenvalue weighted by Gasteiger charge is 2.08. The average Bonchev–Trinajstić information content (AvgIpc) is 2.16. The van der Waals surface area contributed by atoms with Crippen LogP contribution in [-0.4, -0.2) is 18.1 Å². The number of halogens is 2. The van der Waals surface area contributed by atoms with Gasteiger partial charge in [-0.25, -0.2) is 0 Å². The van der Waals surface area contributed by atoms with Crippen molar-refractivity contribution in [2.75, 3.05) is 13.0 Å². The lowest BCUT2D eigenvalue weighted by molar-refractivity contribution is 0.202. The molecule has 2 nitrogen and oxygen atoms in total. The summed E-state index contributed by atoms with van der Waals surface area (Å²) in [5.41, 5.74) is 0.780. The van der Waals surface area contributed by atoms with Crippen LogP contribution in [0.4, 0.5) is 0 Å². The molecule has 0 amide bonds. The van der Waals surface area contributed by atoms with Crippen molar-refractivity contribution in [3.8, 4) is 5.75 Å². The molecule has 4 heteroatoms. The molecule has 0 bridgehead atoms. The Balaban J connectivity index is 2.95. The van der Waals surface area contributed by atoms with Crippen molar-refractivity contribution in [3.05, 3.63) is 28.2 Å². The maximum Gasteiger partial charge on any atom is 0.133 e. The summed E-state index contributed by atoms with van der Waals surface area (Å²) >= 11 is 8.84. The van der Waals surface area contributed by atoms with E-state index in [1.165, 1.54) is 0 Å². The van der Waals surface area contributed by atoms with Gasteiger partial charge in [-0.3, -0.25) is 0 Å². The van der Waals surface area contributed by atoms with Gasteiger partial charge in [-0.2, -0.15) is 0 Å². The second-order valence-corrected chi connectivity index (χ2v) is 3.73. The van der Waals surface area contributed by atoms with Crippen molar-refractivity contribution >= 4 is 27.5 Å². The molecule has 0 unspecified atom stereocenters. The Bertz CT molecular complexity index is 291. The van der Waals surface area contributed by atoms with Gasteiger partial charge >= 0.3 is 0 Å². The van der Waals surface area contributed by atoms with E-state index in [0.717, 1.165) is 15.8 Å². The monoisotopic (exact) mass is 264 g/mol. The summed E-state index contributed by atoms with van der Waals surface area (Å²) in [5.74, 6) is 0.934. The van der Waals surface area contributed by atoms with Gasteiger partial charge < -0.3 is 9.84 Å². The molecule has 13 heavy (non-hydrogen) atoms. The number of rotatable bonds is 3. The summed E-state index contributed by atoms with van der Waals surface area (Å²) in [6, 6.07) is 5.37. The van der Waals surface area contributed by atoms with Gasteiger partial charge in [0.15, 0.2) is 0 Å². The molecule has 0 radical (unpaired) electrons. The smallest absolute Gasteiger partial charge is 0.133 e. The van der Waals surface area contributed by atoms with Crippen LogP contribution < -0.4 is 4.74 Å². The number of hydrogen-bond acceptors (Lipinski definition) is 2. The van der Waals surface area contributed by atoms with Crippen LogP contribution in [0, 0.1) is 0 Å². The van der Waals surface area contributed by atoms with E-state index < -0.39 is 6.10 Å². The quantitative estimate of drug-likeness (QED) is 0.852. The highest BCUT2D eigenvalue weighted by molar-refractivity contribution is 9.10. The van der Waals surface area contributed by atoms with Crippen LogP contribution in [0.3, 0.4) is 0 Å². The van der Waals surface area contributed by atoms with Crippen LogP contribution in [0.25, 0.3) is 0 Å². The van der Waals surface area contributed by atoms with E-state index in [4.69, 9.17) is 16.3 Å². The topological polar surface area (TPSA) is 29.5 Å². The Hall–Kier alpha value is -0.250. The van der Waals surface area contributed by atoms with Crippen molar-refractivity contribution in [2.45, 2.75) is 6.10 Å². The lowest BCUT2D eigenvalue weighted by atomic mass is 10.1. The third kappa shape index (κ3) is 2.59. The van der Waals surface area contributed by atoms with Gasteiger partial charge in [-0.1, -0.05) is 6.07 Å². The zero-order valence-electron chi connectivity index (χ0n) is 7.13. The Morgan fingerprint density at radius 3 is 2.77 bits per heavy atom. The predicted molar refractivity (Wildman–Crippen MR) is 56.4 cm³/mol. The summed E-state index contributed by atoms with van der Waals surface area (Å²) in [7, 11) is 1.59. The maximum atomic E-state index is 9.42. The molecule has 0 aliphatic heterocycles. The van der Waals surface area contributed by atoms with Gasteiger partial charge in [-0.05, 0) is 33.6 Å². The van der Waals surface area contributed by atoms with Gasteiger partial charge in [0.1, 0.15) is 5.75 Å². The Labute approximate surface area is 90.6 Å². The minimum Gasteiger partial charge on any atom is -0.496 e. The van der Waals surface area contributed by atoms with E-state index in [0.29, 0.717) is 0 Å². The fourth-order valence-corrected chi connectivity index (χ4v) is 1.72. The van der Waals surface area contributed by atoms with E-state index in [1.807, 2.05) is 0 Å². The van der Waals surface area contributed by atoms with Gasteiger partial charge in [0.05, 0.1) is 23.6 Å². The molecule has 1 aromatic carbocycles. The van der Waals surface area contributed by atoms with Crippen molar-refractivity contribution in [1.29, 1.82) is 0 Å². The highest BCUT2D eigenvalue weighted by atomic mass is 79.9. The lowest BCUT2D eigenvalue weighted by Crippen LogP contribution is -1.98. The highest BCUT2D eigenvalue weighted by Crippen LogP contribution is 2.28. The number of aliphatic hydroxyl groups excluding tert-OH is 1. The minimum absolute atomic E-state index is 0.193. The number of aliphatic hydroxyl groups is 1. The van der Waals surface area contributed by atoms with Crippen LogP contribution in [0.2, 0.25) is 0 Å². The lowest BCUT2D eigenvalue weighted by Gasteiger charge is -2.09. The first kappa shape index (κ1) is 10.8. The van der Waals surface area contributed by atoms with Crippen LogP contribution in [0.5, 0.6) is 5.75 Å². The largest absolute Gasteiger partial charge is 0.496 e.